The smallest absolute Gasteiger partial charge is 0.413 e. The topological polar surface area (TPSA) is 118 Å². The molecule has 2 atom stereocenters. The van der Waals surface area contributed by atoms with Crippen LogP contribution < -0.4 is 11.0 Å². The van der Waals surface area contributed by atoms with Crippen molar-refractivity contribution < 1.29 is 28.5 Å². The molecular formula is C23H21N3O7. The van der Waals surface area contributed by atoms with Crippen molar-refractivity contribution in [3.63, 3.8) is 0 Å². The monoisotopic (exact) mass is 451 g/mol. The van der Waals surface area contributed by atoms with Crippen molar-refractivity contribution in [1.82, 2.24) is 9.55 Å². The van der Waals surface area contributed by atoms with E-state index in [9.17, 15) is 14.4 Å². The summed E-state index contributed by atoms with van der Waals surface area (Å²) in [5.41, 5.74) is 0.600. The molecular weight excluding hydrogens is 430 g/mol. The number of benzene rings is 2. The van der Waals surface area contributed by atoms with Gasteiger partial charge in [-0.15, -0.1) is 0 Å². The van der Waals surface area contributed by atoms with Crippen LogP contribution in [0.3, 0.4) is 0 Å². The summed E-state index contributed by atoms with van der Waals surface area (Å²) >= 11 is 0. The van der Waals surface area contributed by atoms with Crippen LogP contribution in [-0.4, -0.2) is 41.1 Å². The summed E-state index contributed by atoms with van der Waals surface area (Å²) in [4.78, 5) is 40.2. The molecule has 1 saturated heterocycles. The molecule has 4 rings (SSSR count). The Labute approximate surface area is 188 Å². The van der Waals surface area contributed by atoms with E-state index >= 15 is 0 Å². The second-order valence-electron chi connectivity index (χ2n) is 7.01. The van der Waals surface area contributed by atoms with Crippen LogP contribution in [0.2, 0.25) is 0 Å². The Morgan fingerprint density at radius 1 is 1.03 bits per heavy atom. The first kappa shape index (κ1) is 22.2. The Bertz CT molecular complexity index is 1150. The highest BCUT2D eigenvalue weighted by Crippen LogP contribution is 2.20. The lowest BCUT2D eigenvalue weighted by Gasteiger charge is -2.14. The number of rotatable bonds is 7. The number of esters is 1. The minimum absolute atomic E-state index is 0.0431. The third-order valence-corrected chi connectivity index (χ3v) is 4.68. The van der Waals surface area contributed by atoms with Crippen LogP contribution in [0.5, 0.6) is 0 Å². The van der Waals surface area contributed by atoms with Gasteiger partial charge < -0.3 is 18.9 Å². The van der Waals surface area contributed by atoms with Crippen LogP contribution in [0, 0.1) is 0 Å². The minimum atomic E-state index is -0.819. The zero-order chi connectivity index (χ0) is 23.0. The van der Waals surface area contributed by atoms with Crippen LogP contribution in [-0.2, 0) is 25.6 Å². The van der Waals surface area contributed by atoms with Gasteiger partial charge in [-0.25, -0.2) is 14.4 Å². The highest BCUT2D eigenvalue weighted by atomic mass is 16.7. The number of ether oxygens (including phenoxy) is 4. The van der Waals surface area contributed by atoms with Crippen molar-refractivity contribution >= 4 is 17.9 Å². The SMILES string of the molecule is O=C(Nc1ccn([C@@H]2CO[C@H](COC(=O)c3ccccc3)O2)c(=O)n1)OCc1ccccc1. The Morgan fingerprint density at radius 2 is 1.76 bits per heavy atom. The Balaban J connectivity index is 1.27. The van der Waals surface area contributed by atoms with Gasteiger partial charge in [0.05, 0.1) is 12.2 Å². The van der Waals surface area contributed by atoms with E-state index in [4.69, 9.17) is 18.9 Å². The van der Waals surface area contributed by atoms with Crippen molar-refractivity contribution in [2.75, 3.05) is 18.5 Å². The standard InChI is InChI=1S/C23H21N3O7/c27-21(17-9-5-2-6-10-17)31-15-20-30-14-19(33-20)26-12-11-18(24-22(26)28)25-23(29)32-13-16-7-3-1-4-8-16/h1-12,19-20H,13-15H2,(H,24,25,28,29)/t19-,20-/m0/s1. The number of nitrogens with one attached hydrogen (secondary N) is 1. The lowest BCUT2D eigenvalue weighted by Crippen LogP contribution is -2.29. The summed E-state index contributed by atoms with van der Waals surface area (Å²) < 4.78 is 22.6. The second kappa shape index (κ2) is 10.5. The fraction of sp³-hybridized carbons (Fsp3) is 0.217. The number of carbonyl (C=O) groups excluding carboxylic acids is 2. The predicted octanol–water partition coefficient (Wildman–Crippen LogP) is 2.72. The van der Waals surface area contributed by atoms with Crippen molar-refractivity contribution in [2.45, 2.75) is 19.1 Å². The molecule has 2 heterocycles. The molecule has 0 bridgehead atoms. The van der Waals surface area contributed by atoms with Gasteiger partial charge in [-0.05, 0) is 23.8 Å². The molecule has 10 heteroatoms. The molecule has 2 aromatic carbocycles. The molecule has 0 spiro atoms. The van der Waals surface area contributed by atoms with Crippen molar-refractivity contribution in [2.24, 2.45) is 0 Å². The van der Waals surface area contributed by atoms with Gasteiger partial charge in [-0.1, -0.05) is 48.5 Å². The summed E-state index contributed by atoms with van der Waals surface area (Å²) in [6.07, 6.45) is -0.872. The van der Waals surface area contributed by atoms with E-state index < -0.39 is 30.3 Å². The van der Waals surface area contributed by atoms with Gasteiger partial charge in [0.25, 0.3) is 0 Å². The maximum atomic E-state index is 12.4. The van der Waals surface area contributed by atoms with Gasteiger partial charge in [0.15, 0.2) is 12.5 Å². The number of hydrogen-bond donors (Lipinski definition) is 1. The zero-order valence-corrected chi connectivity index (χ0v) is 17.5. The van der Waals surface area contributed by atoms with Crippen LogP contribution in [0.25, 0.3) is 0 Å². The maximum Gasteiger partial charge on any atom is 0.413 e. The molecule has 1 aliphatic rings. The quantitative estimate of drug-likeness (QED) is 0.545. The first-order valence-corrected chi connectivity index (χ1v) is 10.1. The van der Waals surface area contributed by atoms with Crippen LogP contribution in [0.1, 0.15) is 22.1 Å². The number of carbonyl (C=O) groups is 2. The summed E-state index contributed by atoms with van der Waals surface area (Å²) in [6, 6.07) is 19.2. The molecule has 1 aromatic heterocycles. The average Bonchev–Trinajstić information content (AvgIpc) is 3.31. The van der Waals surface area contributed by atoms with E-state index in [1.165, 1.54) is 16.8 Å². The lowest BCUT2D eigenvalue weighted by atomic mass is 10.2. The summed E-state index contributed by atoms with van der Waals surface area (Å²) in [6.45, 7) is 0.0353. The maximum absolute atomic E-state index is 12.4. The highest BCUT2D eigenvalue weighted by Gasteiger charge is 2.29. The van der Waals surface area contributed by atoms with Gasteiger partial charge >= 0.3 is 17.8 Å². The highest BCUT2D eigenvalue weighted by molar-refractivity contribution is 5.89. The molecule has 0 aliphatic carbocycles. The number of nitrogens with zero attached hydrogens (tertiary/aromatic N) is 2. The lowest BCUT2D eigenvalue weighted by molar-refractivity contribution is -0.103. The third-order valence-electron chi connectivity index (χ3n) is 4.68. The third kappa shape index (κ3) is 6.03. The zero-order valence-electron chi connectivity index (χ0n) is 17.5. The van der Waals surface area contributed by atoms with E-state index in [1.807, 2.05) is 30.3 Å². The summed E-state index contributed by atoms with van der Waals surface area (Å²) in [5, 5.41) is 2.41. The van der Waals surface area contributed by atoms with Crippen LogP contribution in [0.4, 0.5) is 10.6 Å². The molecule has 1 amide bonds. The predicted molar refractivity (Wildman–Crippen MR) is 115 cm³/mol. The van der Waals surface area contributed by atoms with E-state index in [-0.39, 0.29) is 25.6 Å². The summed E-state index contributed by atoms with van der Waals surface area (Å²) in [5.74, 6) is -0.457. The van der Waals surface area contributed by atoms with Gasteiger partial charge in [-0.2, -0.15) is 4.98 Å². The van der Waals surface area contributed by atoms with E-state index in [0.29, 0.717) is 5.56 Å². The average molecular weight is 451 g/mol. The number of anilines is 1. The molecule has 1 fully saturated rings. The minimum Gasteiger partial charge on any atom is -0.457 e. The molecule has 0 saturated carbocycles. The number of hydrogen-bond acceptors (Lipinski definition) is 8. The second-order valence-corrected chi connectivity index (χ2v) is 7.01. The molecule has 0 radical (unpaired) electrons. The van der Waals surface area contributed by atoms with Gasteiger partial charge in [0.2, 0.25) is 0 Å². The Hall–Kier alpha value is -4.02. The van der Waals surface area contributed by atoms with Crippen molar-refractivity contribution in [1.29, 1.82) is 0 Å². The fourth-order valence-corrected chi connectivity index (χ4v) is 3.04. The van der Waals surface area contributed by atoms with Gasteiger partial charge in [0, 0.05) is 6.20 Å². The molecule has 1 aliphatic heterocycles. The molecule has 10 nitrogen and oxygen atoms in total. The van der Waals surface area contributed by atoms with Crippen molar-refractivity contribution in [3.05, 3.63) is 94.5 Å². The number of amides is 1. The molecule has 0 unspecified atom stereocenters. The van der Waals surface area contributed by atoms with E-state index in [0.717, 1.165) is 5.56 Å². The normalized spacial score (nSPS) is 17.3. The van der Waals surface area contributed by atoms with Crippen molar-refractivity contribution in [3.8, 4) is 0 Å². The molecule has 3 aromatic rings. The van der Waals surface area contributed by atoms with Crippen LogP contribution in [0.15, 0.2) is 77.7 Å². The Kier molecular flexibility index (Phi) is 7.08. The molecule has 170 valence electrons. The van der Waals surface area contributed by atoms with E-state index in [2.05, 4.69) is 10.3 Å². The molecule has 33 heavy (non-hydrogen) atoms. The van der Waals surface area contributed by atoms with Crippen LogP contribution >= 0.6 is 0 Å². The van der Waals surface area contributed by atoms with Gasteiger partial charge in [-0.3, -0.25) is 9.88 Å². The summed E-state index contributed by atoms with van der Waals surface area (Å²) in [7, 11) is 0. The van der Waals surface area contributed by atoms with E-state index in [1.54, 1.807) is 30.3 Å². The first-order chi connectivity index (χ1) is 16.1. The van der Waals surface area contributed by atoms with Gasteiger partial charge in [0.1, 0.15) is 19.0 Å². The Morgan fingerprint density at radius 3 is 2.48 bits per heavy atom. The molecule has 1 N–H and O–H groups in total. The largest absolute Gasteiger partial charge is 0.457 e. The first-order valence-electron chi connectivity index (χ1n) is 10.1. The fourth-order valence-electron chi connectivity index (χ4n) is 3.04. The number of aromatic nitrogens is 2.